The molecule has 2 aromatic carbocycles. The van der Waals surface area contributed by atoms with E-state index in [2.05, 4.69) is 6.58 Å². The summed E-state index contributed by atoms with van der Waals surface area (Å²) in [6.45, 7) is 3.80. The molecule has 0 aromatic heterocycles. The molecule has 1 aliphatic rings. The second-order valence-electron chi connectivity index (χ2n) is 8.53. The van der Waals surface area contributed by atoms with E-state index < -0.39 is 28.8 Å². The molecule has 0 spiro atoms. The van der Waals surface area contributed by atoms with Crippen molar-refractivity contribution in [2.24, 2.45) is 11.8 Å². The van der Waals surface area contributed by atoms with Gasteiger partial charge in [-0.3, -0.25) is 0 Å². The maximum Gasteiger partial charge on any atom is 0.144 e. The lowest BCUT2D eigenvalue weighted by Crippen LogP contribution is -2.14. The number of benzene rings is 2. The molecule has 1 nitrogen and oxygen atoms in total. The standard InChI is InChI=1S/C26H27F4N/c1-2-3-17-4-6-18(7-5-17)8-9-19-12-23(27)21(24(28)13-19)11-10-20-14-25(29)22(16-31)26(30)15-20/h2,12-15,17-18H,1,3-11H2. The summed E-state index contributed by atoms with van der Waals surface area (Å²) in [6.07, 6.45) is 9.33. The molecule has 0 unspecified atom stereocenters. The summed E-state index contributed by atoms with van der Waals surface area (Å²) >= 11 is 0. The van der Waals surface area contributed by atoms with Gasteiger partial charge in [0.25, 0.3) is 0 Å². The second-order valence-corrected chi connectivity index (χ2v) is 8.53. The molecule has 0 N–H and O–H groups in total. The van der Waals surface area contributed by atoms with Gasteiger partial charge in [-0.2, -0.15) is 5.26 Å². The van der Waals surface area contributed by atoms with Crippen molar-refractivity contribution in [2.75, 3.05) is 0 Å². The van der Waals surface area contributed by atoms with Gasteiger partial charge in [0.1, 0.15) is 34.9 Å². The fourth-order valence-electron chi connectivity index (χ4n) is 4.55. The molecular weight excluding hydrogens is 402 g/mol. The van der Waals surface area contributed by atoms with E-state index in [0.29, 0.717) is 17.9 Å². The first-order valence-electron chi connectivity index (χ1n) is 10.9. The summed E-state index contributed by atoms with van der Waals surface area (Å²) in [5.41, 5.74) is 0.157. The maximum atomic E-state index is 14.6. The Hall–Kier alpha value is -2.61. The highest BCUT2D eigenvalue weighted by molar-refractivity contribution is 5.36. The molecule has 0 atom stereocenters. The van der Waals surface area contributed by atoms with Crippen LogP contribution in [0.4, 0.5) is 17.6 Å². The van der Waals surface area contributed by atoms with Gasteiger partial charge in [0.15, 0.2) is 0 Å². The summed E-state index contributed by atoms with van der Waals surface area (Å²) in [5.74, 6) is -1.87. The van der Waals surface area contributed by atoms with Crippen molar-refractivity contribution in [3.63, 3.8) is 0 Å². The molecule has 31 heavy (non-hydrogen) atoms. The summed E-state index contributed by atoms with van der Waals surface area (Å²) in [7, 11) is 0. The van der Waals surface area contributed by atoms with E-state index in [9.17, 15) is 17.6 Å². The fourth-order valence-corrected chi connectivity index (χ4v) is 4.55. The summed E-state index contributed by atoms with van der Waals surface area (Å²) in [5, 5.41) is 8.72. The van der Waals surface area contributed by atoms with E-state index in [1.807, 2.05) is 6.08 Å². The zero-order valence-electron chi connectivity index (χ0n) is 17.6. The predicted octanol–water partition coefficient (Wildman–Crippen LogP) is 7.21. The molecule has 0 saturated heterocycles. The molecule has 5 heteroatoms. The highest BCUT2D eigenvalue weighted by Crippen LogP contribution is 2.33. The highest BCUT2D eigenvalue weighted by atomic mass is 19.1. The van der Waals surface area contributed by atoms with Gasteiger partial charge in [-0.15, -0.1) is 6.58 Å². The van der Waals surface area contributed by atoms with Gasteiger partial charge >= 0.3 is 0 Å². The summed E-state index contributed by atoms with van der Waals surface area (Å²) < 4.78 is 56.6. The summed E-state index contributed by atoms with van der Waals surface area (Å²) in [4.78, 5) is 0. The normalized spacial score (nSPS) is 18.5. The molecule has 164 valence electrons. The molecule has 0 bridgehead atoms. The average Bonchev–Trinajstić information content (AvgIpc) is 2.73. The fraction of sp³-hybridized carbons (Fsp3) is 0.423. The molecule has 0 amide bonds. The largest absolute Gasteiger partial charge is 0.207 e. The van der Waals surface area contributed by atoms with Crippen molar-refractivity contribution < 1.29 is 17.6 Å². The Morgan fingerprint density at radius 3 is 1.87 bits per heavy atom. The third kappa shape index (κ3) is 5.97. The van der Waals surface area contributed by atoms with Crippen LogP contribution in [-0.4, -0.2) is 0 Å². The number of nitrogens with zero attached hydrogens (tertiary/aromatic N) is 1. The zero-order chi connectivity index (χ0) is 22.4. The molecule has 1 saturated carbocycles. The van der Waals surface area contributed by atoms with Crippen LogP contribution in [0.3, 0.4) is 0 Å². The first kappa shape index (κ1) is 23.1. The molecule has 2 aromatic rings. The van der Waals surface area contributed by atoms with Gasteiger partial charge in [-0.1, -0.05) is 18.9 Å². The minimum atomic E-state index is -0.965. The number of aryl methyl sites for hydroxylation is 2. The van der Waals surface area contributed by atoms with Crippen LogP contribution in [-0.2, 0) is 19.3 Å². The van der Waals surface area contributed by atoms with Crippen LogP contribution in [0.25, 0.3) is 0 Å². The van der Waals surface area contributed by atoms with Crippen LogP contribution in [0, 0.1) is 46.4 Å². The monoisotopic (exact) mass is 429 g/mol. The minimum Gasteiger partial charge on any atom is -0.207 e. The van der Waals surface area contributed by atoms with Gasteiger partial charge in [-0.25, -0.2) is 17.6 Å². The molecule has 1 aliphatic carbocycles. The van der Waals surface area contributed by atoms with E-state index in [0.717, 1.165) is 43.7 Å². The number of nitriles is 1. The van der Waals surface area contributed by atoms with Gasteiger partial charge in [-0.05, 0) is 92.2 Å². The minimum absolute atomic E-state index is 0.0178. The van der Waals surface area contributed by atoms with Crippen LogP contribution in [0.15, 0.2) is 36.9 Å². The molecule has 0 radical (unpaired) electrons. The number of hydrogen-bond acceptors (Lipinski definition) is 1. The third-order valence-corrected chi connectivity index (χ3v) is 6.39. The van der Waals surface area contributed by atoms with E-state index in [-0.39, 0.29) is 24.0 Å². The quantitative estimate of drug-likeness (QED) is 0.321. The average molecular weight is 430 g/mol. The molecule has 0 aliphatic heterocycles. The van der Waals surface area contributed by atoms with Crippen molar-refractivity contribution >= 4 is 0 Å². The predicted molar refractivity (Wildman–Crippen MR) is 113 cm³/mol. The second kappa shape index (κ2) is 10.6. The number of hydrogen-bond donors (Lipinski definition) is 0. The first-order chi connectivity index (χ1) is 14.9. The van der Waals surface area contributed by atoms with E-state index in [4.69, 9.17) is 5.26 Å². The molecular formula is C26H27F4N. The van der Waals surface area contributed by atoms with Crippen molar-refractivity contribution in [3.8, 4) is 6.07 Å². The molecule has 3 rings (SSSR count). The number of halogens is 4. The van der Waals surface area contributed by atoms with Gasteiger partial charge in [0.05, 0.1) is 0 Å². The van der Waals surface area contributed by atoms with Gasteiger partial charge < -0.3 is 0 Å². The SMILES string of the molecule is C=CCC1CCC(CCc2cc(F)c(CCc3cc(F)c(C#N)c(F)c3)c(F)c2)CC1. The van der Waals surface area contributed by atoms with Crippen LogP contribution in [0.2, 0.25) is 0 Å². The van der Waals surface area contributed by atoms with Crippen LogP contribution >= 0.6 is 0 Å². The Bertz CT molecular complexity index is 922. The van der Waals surface area contributed by atoms with E-state index in [1.165, 1.54) is 31.0 Å². The van der Waals surface area contributed by atoms with Crippen LogP contribution < -0.4 is 0 Å². The molecule has 1 fully saturated rings. The third-order valence-electron chi connectivity index (χ3n) is 6.39. The van der Waals surface area contributed by atoms with Gasteiger partial charge in [0, 0.05) is 5.56 Å². The van der Waals surface area contributed by atoms with Crippen molar-refractivity contribution in [2.45, 2.75) is 57.8 Å². The topological polar surface area (TPSA) is 23.8 Å². The lowest BCUT2D eigenvalue weighted by molar-refractivity contribution is 0.265. The van der Waals surface area contributed by atoms with Gasteiger partial charge in [0.2, 0.25) is 0 Å². The summed E-state index contributed by atoms with van der Waals surface area (Å²) in [6, 6.07) is 6.29. The highest BCUT2D eigenvalue weighted by Gasteiger charge is 2.21. The van der Waals surface area contributed by atoms with Crippen LogP contribution in [0.5, 0.6) is 0 Å². The smallest absolute Gasteiger partial charge is 0.144 e. The Labute approximate surface area is 181 Å². The van der Waals surface area contributed by atoms with E-state index in [1.54, 1.807) is 0 Å². The Morgan fingerprint density at radius 1 is 0.806 bits per heavy atom. The Balaban J connectivity index is 1.58. The van der Waals surface area contributed by atoms with Crippen LogP contribution in [0.1, 0.15) is 60.8 Å². The maximum absolute atomic E-state index is 14.6. The lowest BCUT2D eigenvalue weighted by Gasteiger charge is -2.27. The Kier molecular flexibility index (Phi) is 7.90. The Morgan fingerprint density at radius 2 is 1.32 bits per heavy atom. The first-order valence-corrected chi connectivity index (χ1v) is 10.9. The van der Waals surface area contributed by atoms with Crippen molar-refractivity contribution in [3.05, 3.63) is 82.4 Å². The van der Waals surface area contributed by atoms with Crippen molar-refractivity contribution in [1.82, 2.24) is 0 Å². The number of rotatable bonds is 8. The zero-order valence-corrected chi connectivity index (χ0v) is 17.6. The lowest BCUT2D eigenvalue weighted by atomic mass is 9.78. The van der Waals surface area contributed by atoms with Crippen molar-refractivity contribution in [1.29, 1.82) is 5.26 Å². The van der Waals surface area contributed by atoms with E-state index >= 15 is 0 Å². The number of allylic oxidation sites excluding steroid dienone is 1. The molecule has 0 heterocycles.